The summed E-state index contributed by atoms with van der Waals surface area (Å²) in [6.45, 7) is 11.3. The molecule has 0 aliphatic carbocycles. The number of carbonyl (C=O) groups excluding carboxylic acids is 3. The van der Waals surface area contributed by atoms with E-state index >= 15 is 0 Å². The molecule has 6 heteroatoms. The Morgan fingerprint density at radius 2 is 0.691 bits per heavy atom. The molecule has 0 aromatic heterocycles. The first-order valence-electron chi connectivity index (χ1n) is 24.3. The third-order valence-corrected chi connectivity index (χ3v) is 11.3. The second-order valence-electron chi connectivity index (χ2n) is 17.5. The molecule has 0 aliphatic rings. The van der Waals surface area contributed by atoms with Crippen molar-refractivity contribution in [3.05, 3.63) is 0 Å². The fraction of sp³-hybridized carbons (Fsp3) is 0.939. The van der Waals surface area contributed by atoms with E-state index in [4.69, 9.17) is 14.2 Å². The summed E-state index contributed by atoms with van der Waals surface area (Å²) in [6, 6.07) is 0. The van der Waals surface area contributed by atoms with E-state index in [0.29, 0.717) is 19.3 Å². The van der Waals surface area contributed by atoms with Crippen molar-refractivity contribution in [1.82, 2.24) is 0 Å². The summed E-state index contributed by atoms with van der Waals surface area (Å²) in [6.07, 6.45) is 40.8. The first-order chi connectivity index (χ1) is 26.8. The van der Waals surface area contributed by atoms with Gasteiger partial charge >= 0.3 is 17.9 Å². The van der Waals surface area contributed by atoms with Gasteiger partial charge in [0.05, 0.1) is 0 Å². The fourth-order valence-corrected chi connectivity index (χ4v) is 7.25. The number of rotatable bonds is 43. The summed E-state index contributed by atoms with van der Waals surface area (Å²) < 4.78 is 16.8. The fourth-order valence-electron chi connectivity index (χ4n) is 7.25. The van der Waals surface area contributed by atoms with E-state index < -0.39 is 6.10 Å². The Bertz CT molecular complexity index is 841. The zero-order chi connectivity index (χ0) is 40.5. The van der Waals surface area contributed by atoms with Crippen LogP contribution in [0, 0.1) is 11.8 Å². The maximum absolute atomic E-state index is 12.7. The SMILES string of the molecule is CCCCCCCCCCCCCCC(=O)O[C@H](COC(=O)CCCCCCCCCCCCC(C)C)COC(=O)CCCCCCCCCCC(C)CC. The van der Waals surface area contributed by atoms with E-state index in [0.717, 1.165) is 69.6 Å². The Morgan fingerprint density at radius 3 is 1.04 bits per heavy atom. The molecule has 6 nitrogen and oxygen atoms in total. The molecule has 0 bridgehead atoms. The van der Waals surface area contributed by atoms with Gasteiger partial charge in [0.1, 0.15) is 13.2 Å². The predicted octanol–water partition coefficient (Wildman–Crippen LogP) is 15.4. The lowest BCUT2D eigenvalue weighted by Gasteiger charge is -2.18. The van der Waals surface area contributed by atoms with Gasteiger partial charge in [0, 0.05) is 19.3 Å². The molecule has 326 valence electrons. The highest BCUT2D eigenvalue weighted by molar-refractivity contribution is 5.71. The highest BCUT2D eigenvalue weighted by Crippen LogP contribution is 2.17. The lowest BCUT2D eigenvalue weighted by molar-refractivity contribution is -0.167. The minimum absolute atomic E-state index is 0.0647. The van der Waals surface area contributed by atoms with Gasteiger partial charge in [-0.3, -0.25) is 14.4 Å². The van der Waals surface area contributed by atoms with E-state index in [1.807, 2.05) is 0 Å². The van der Waals surface area contributed by atoms with Crippen LogP contribution in [0.15, 0.2) is 0 Å². The van der Waals surface area contributed by atoms with Crippen LogP contribution in [0.5, 0.6) is 0 Å². The first kappa shape index (κ1) is 53.4. The molecule has 0 radical (unpaired) electrons. The van der Waals surface area contributed by atoms with Gasteiger partial charge in [-0.15, -0.1) is 0 Å². The van der Waals surface area contributed by atoms with Gasteiger partial charge in [-0.1, -0.05) is 227 Å². The summed E-state index contributed by atoms with van der Waals surface area (Å²) in [4.78, 5) is 37.8. The Labute approximate surface area is 342 Å². The van der Waals surface area contributed by atoms with Crippen LogP contribution in [0.4, 0.5) is 0 Å². The molecule has 0 fully saturated rings. The third kappa shape index (κ3) is 41.9. The molecular weight excluding hydrogens is 685 g/mol. The number of hydrogen-bond acceptors (Lipinski definition) is 6. The van der Waals surface area contributed by atoms with Crippen LogP contribution in [-0.2, 0) is 28.6 Å². The summed E-state index contributed by atoms with van der Waals surface area (Å²) in [5.74, 6) is 0.812. The molecular formula is C49H94O6. The van der Waals surface area contributed by atoms with Crippen molar-refractivity contribution in [3.8, 4) is 0 Å². The van der Waals surface area contributed by atoms with E-state index in [1.165, 1.54) is 154 Å². The molecule has 0 aromatic carbocycles. The van der Waals surface area contributed by atoms with E-state index in [-0.39, 0.29) is 31.1 Å². The largest absolute Gasteiger partial charge is 0.462 e. The Hall–Kier alpha value is -1.59. The van der Waals surface area contributed by atoms with Crippen molar-refractivity contribution in [3.63, 3.8) is 0 Å². The first-order valence-corrected chi connectivity index (χ1v) is 24.3. The Balaban J connectivity index is 4.34. The normalized spacial score (nSPS) is 12.5. The lowest BCUT2D eigenvalue weighted by Crippen LogP contribution is -2.30. The smallest absolute Gasteiger partial charge is 0.306 e. The van der Waals surface area contributed by atoms with E-state index in [1.54, 1.807) is 0 Å². The van der Waals surface area contributed by atoms with Crippen molar-refractivity contribution in [2.45, 2.75) is 272 Å². The van der Waals surface area contributed by atoms with Gasteiger partial charge in [0.15, 0.2) is 6.10 Å². The number of hydrogen-bond donors (Lipinski definition) is 0. The summed E-state index contributed by atoms with van der Waals surface area (Å²) >= 11 is 0. The van der Waals surface area contributed by atoms with Crippen molar-refractivity contribution in [2.75, 3.05) is 13.2 Å². The maximum atomic E-state index is 12.7. The number of unbranched alkanes of at least 4 members (excludes halogenated alkanes) is 27. The standard InChI is InChI=1S/C49H94O6/c1-6-8-9-10-11-12-13-14-19-26-31-36-41-49(52)55-46(43-54-48(51)40-35-30-25-21-20-23-28-33-38-45(5)7-2)42-53-47(50)39-34-29-24-18-16-15-17-22-27-32-37-44(3)4/h44-46H,6-43H2,1-5H3/t45?,46-/m1/s1. The summed E-state index contributed by atoms with van der Waals surface area (Å²) in [5, 5.41) is 0. The van der Waals surface area contributed by atoms with E-state index in [9.17, 15) is 14.4 Å². The molecule has 55 heavy (non-hydrogen) atoms. The molecule has 0 spiro atoms. The molecule has 0 aromatic rings. The quantitative estimate of drug-likeness (QED) is 0.0348. The van der Waals surface area contributed by atoms with Gasteiger partial charge in [-0.05, 0) is 31.1 Å². The molecule has 0 saturated carbocycles. The maximum Gasteiger partial charge on any atom is 0.306 e. The lowest BCUT2D eigenvalue weighted by atomic mass is 9.99. The van der Waals surface area contributed by atoms with Crippen LogP contribution in [-0.4, -0.2) is 37.2 Å². The zero-order valence-electron chi connectivity index (χ0n) is 37.6. The van der Waals surface area contributed by atoms with Crippen molar-refractivity contribution >= 4 is 17.9 Å². The number of ether oxygens (including phenoxy) is 3. The second kappa shape index (κ2) is 42.0. The van der Waals surface area contributed by atoms with Gasteiger partial charge in [0.2, 0.25) is 0 Å². The predicted molar refractivity (Wildman–Crippen MR) is 233 cm³/mol. The minimum atomic E-state index is -0.761. The number of esters is 3. The topological polar surface area (TPSA) is 78.9 Å². The summed E-state index contributed by atoms with van der Waals surface area (Å²) in [7, 11) is 0. The van der Waals surface area contributed by atoms with Gasteiger partial charge in [0.25, 0.3) is 0 Å². The third-order valence-electron chi connectivity index (χ3n) is 11.3. The molecule has 0 saturated heterocycles. The molecule has 0 amide bonds. The van der Waals surface area contributed by atoms with Crippen LogP contribution in [0.25, 0.3) is 0 Å². The van der Waals surface area contributed by atoms with Crippen LogP contribution in [0.3, 0.4) is 0 Å². The Kier molecular flexibility index (Phi) is 40.8. The second-order valence-corrected chi connectivity index (χ2v) is 17.5. The summed E-state index contributed by atoms with van der Waals surface area (Å²) in [5.41, 5.74) is 0. The average Bonchev–Trinajstić information content (AvgIpc) is 3.17. The van der Waals surface area contributed by atoms with Crippen LogP contribution in [0.2, 0.25) is 0 Å². The van der Waals surface area contributed by atoms with Gasteiger partial charge in [-0.2, -0.15) is 0 Å². The highest BCUT2D eigenvalue weighted by atomic mass is 16.6. The van der Waals surface area contributed by atoms with Crippen LogP contribution >= 0.6 is 0 Å². The molecule has 0 heterocycles. The molecule has 0 aliphatic heterocycles. The molecule has 1 unspecified atom stereocenters. The van der Waals surface area contributed by atoms with Crippen molar-refractivity contribution in [2.24, 2.45) is 11.8 Å². The molecule has 2 atom stereocenters. The van der Waals surface area contributed by atoms with Crippen molar-refractivity contribution < 1.29 is 28.6 Å². The van der Waals surface area contributed by atoms with Gasteiger partial charge < -0.3 is 14.2 Å². The zero-order valence-corrected chi connectivity index (χ0v) is 37.6. The highest BCUT2D eigenvalue weighted by Gasteiger charge is 2.19. The monoisotopic (exact) mass is 779 g/mol. The average molecular weight is 779 g/mol. The van der Waals surface area contributed by atoms with E-state index in [2.05, 4.69) is 34.6 Å². The van der Waals surface area contributed by atoms with Gasteiger partial charge in [-0.25, -0.2) is 0 Å². The van der Waals surface area contributed by atoms with Crippen molar-refractivity contribution in [1.29, 1.82) is 0 Å². The molecule has 0 N–H and O–H groups in total. The minimum Gasteiger partial charge on any atom is -0.462 e. The Morgan fingerprint density at radius 1 is 0.382 bits per heavy atom. The molecule has 0 rings (SSSR count). The number of carbonyl (C=O) groups is 3. The van der Waals surface area contributed by atoms with Crippen LogP contribution in [0.1, 0.15) is 266 Å². The van der Waals surface area contributed by atoms with Crippen LogP contribution < -0.4 is 0 Å².